The average Bonchev–Trinajstić information content (AvgIpc) is 2.70. The van der Waals surface area contributed by atoms with Crippen LogP contribution in [0.1, 0.15) is 21.5 Å². The molecule has 3 aromatic rings. The first-order chi connectivity index (χ1) is 13.8. The average molecular weight is 410 g/mol. The number of methoxy groups -OCH3 is 1. The summed E-state index contributed by atoms with van der Waals surface area (Å²) in [7, 11) is -2.30. The van der Waals surface area contributed by atoms with E-state index in [1.807, 2.05) is 13.8 Å². The van der Waals surface area contributed by atoms with E-state index in [-0.39, 0.29) is 16.1 Å². The predicted octanol–water partition coefficient (Wildman–Crippen LogP) is 4.37. The number of para-hydroxylation sites is 1. The normalized spacial score (nSPS) is 11.0. The molecule has 0 aliphatic rings. The molecule has 6 nitrogen and oxygen atoms in total. The molecule has 0 saturated carbocycles. The number of sulfonamides is 1. The lowest BCUT2D eigenvalue weighted by atomic mass is 10.1. The van der Waals surface area contributed by atoms with E-state index < -0.39 is 15.9 Å². The van der Waals surface area contributed by atoms with Crippen molar-refractivity contribution in [1.29, 1.82) is 0 Å². The van der Waals surface area contributed by atoms with Crippen LogP contribution in [-0.4, -0.2) is 21.4 Å². The molecule has 0 spiro atoms. The minimum Gasteiger partial charge on any atom is -0.497 e. The fourth-order valence-electron chi connectivity index (χ4n) is 2.75. The Hall–Kier alpha value is -3.32. The minimum atomic E-state index is -3.84. The molecule has 3 rings (SSSR count). The zero-order valence-electron chi connectivity index (χ0n) is 16.4. The van der Waals surface area contributed by atoms with Gasteiger partial charge in [-0.15, -0.1) is 0 Å². The maximum Gasteiger partial charge on any atom is 0.261 e. The number of carbonyl (C=O) groups excluding carboxylic acids is 1. The summed E-state index contributed by atoms with van der Waals surface area (Å²) in [6, 6.07) is 18.3. The van der Waals surface area contributed by atoms with Crippen molar-refractivity contribution >= 4 is 27.3 Å². The third-order valence-electron chi connectivity index (χ3n) is 4.53. The summed E-state index contributed by atoms with van der Waals surface area (Å²) in [5.41, 5.74) is 2.83. The second-order valence-corrected chi connectivity index (χ2v) is 8.27. The van der Waals surface area contributed by atoms with Crippen LogP contribution in [-0.2, 0) is 10.0 Å². The van der Waals surface area contributed by atoms with Crippen LogP contribution in [0.3, 0.4) is 0 Å². The molecule has 0 saturated heterocycles. The zero-order chi connectivity index (χ0) is 21.0. The van der Waals surface area contributed by atoms with Gasteiger partial charge >= 0.3 is 0 Å². The third kappa shape index (κ3) is 4.75. The highest BCUT2D eigenvalue weighted by Crippen LogP contribution is 2.23. The number of amides is 1. The molecule has 3 aromatic carbocycles. The van der Waals surface area contributed by atoms with Gasteiger partial charge in [-0.05, 0) is 61.4 Å². The summed E-state index contributed by atoms with van der Waals surface area (Å²) in [4.78, 5) is 12.9. The molecule has 0 radical (unpaired) electrons. The summed E-state index contributed by atoms with van der Waals surface area (Å²) in [5.74, 6) is 0.170. The van der Waals surface area contributed by atoms with Crippen molar-refractivity contribution in [2.45, 2.75) is 18.7 Å². The van der Waals surface area contributed by atoms with E-state index in [9.17, 15) is 13.2 Å². The first kappa shape index (κ1) is 20.4. The number of hydrogen-bond donors (Lipinski definition) is 2. The van der Waals surface area contributed by atoms with Gasteiger partial charge in [0, 0.05) is 11.8 Å². The van der Waals surface area contributed by atoms with Crippen molar-refractivity contribution in [3.05, 3.63) is 83.4 Å². The molecule has 0 fully saturated rings. The van der Waals surface area contributed by atoms with Crippen LogP contribution >= 0.6 is 0 Å². The quantitative estimate of drug-likeness (QED) is 0.632. The van der Waals surface area contributed by atoms with Gasteiger partial charge in [-0.25, -0.2) is 8.42 Å². The highest BCUT2D eigenvalue weighted by molar-refractivity contribution is 7.92. The fraction of sp³-hybridized carbons (Fsp3) is 0.136. The van der Waals surface area contributed by atoms with Crippen molar-refractivity contribution in [2.24, 2.45) is 0 Å². The van der Waals surface area contributed by atoms with Crippen LogP contribution in [0.5, 0.6) is 5.75 Å². The summed E-state index contributed by atoms with van der Waals surface area (Å²) >= 11 is 0. The molecule has 0 aliphatic heterocycles. The van der Waals surface area contributed by atoms with Crippen LogP contribution in [0.4, 0.5) is 11.4 Å². The number of rotatable bonds is 6. The molecule has 7 heteroatoms. The van der Waals surface area contributed by atoms with E-state index in [4.69, 9.17) is 4.74 Å². The highest BCUT2D eigenvalue weighted by atomic mass is 32.2. The molecule has 0 heterocycles. The lowest BCUT2D eigenvalue weighted by Gasteiger charge is -2.14. The lowest BCUT2D eigenvalue weighted by molar-refractivity contribution is 0.102. The Balaban J connectivity index is 1.88. The SMILES string of the molecule is COc1cccc(NC(=O)c2ccccc2NS(=O)(=O)c2ccc(C)c(C)c2)c1. The third-order valence-corrected chi connectivity index (χ3v) is 5.90. The Morgan fingerprint density at radius 3 is 2.38 bits per heavy atom. The molecule has 0 atom stereocenters. The van der Waals surface area contributed by atoms with Gasteiger partial charge in [0.25, 0.3) is 15.9 Å². The molecular formula is C22H22N2O4S. The lowest BCUT2D eigenvalue weighted by Crippen LogP contribution is -2.18. The fourth-order valence-corrected chi connectivity index (χ4v) is 3.92. The second kappa shape index (κ2) is 8.36. The maximum absolute atomic E-state index is 12.8. The number of ether oxygens (including phenoxy) is 1. The van der Waals surface area contributed by atoms with Gasteiger partial charge in [0.1, 0.15) is 5.75 Å². The van der Waals surface area contributed by atoms with Crippen LogP contribution in [0.2, 0.25) is 0 Å². The van der Waals surface area contributed by atoms with Crippen LogP contribution in [0.15, 0.2) is 71.6 Å². The zero-order valence-corrected chi connectivity index (χ0v) is 17.2. The van der Waals surface area contributed by atoms with Gasteiger partial charge < -0.3 is 10.1 Å². The van der Waals surface area contributed by atoms with Crippen molar-refractivity contribution in [3.8, 4) is 5.75 Å². The monoisotopic (exact) mass is 410 g/mol. The van der Waals surface area contributed by atoms with Gasteiger partial charge in [0.2, 0.25) is 0 Å². The van der Waals surface area contributed by atoms with E-state index in [1.165, 1.54) is 7.11 Å². The standard InChI is InChI=1S/C22H22N2O4S/c1-15-11-12-19(13-16(15)2)29(26,27)24-21-10-5-4-9-20(21)22(25)23-17-7-6-8-18(14-17)28-3/h4-14,24H,1-3H3,(H,23,25). The van der Waals surface area contributed by atoms with Gasteiger partial charge in [-0.2, -0.15) is 0 Å². The molecular weight excluding hydrogens is 388 g/mol. The molecule has 0 aliphatic carbocycles. The predicted molar refractivity (Wildman–Crippen MR) is 114 cm³/mol. The molecule has 2 N–H and O–H groups in total. The largest absolute Gasteiger partial charge is 0.497 e. The summed E-state index contributed by atoms with van der Waals surface area (Å²) in [6.45, 7) is 3.77. The Bertz CT molecular complexity index is 1160. The smallest absolute Gasteiger partial charge is 0.261 e. The van der Waals surface area contributed by atoms with Crippen LogP contribution < -0.4 is 14.8 Å². The van der Waals surface area contributed by atoms with Crippen molar-refractivity contribution in [3.63, 3.8) is 0 Å². The Morgan fingerprint density at radius 2 is 1.66 bits per heavy atom. The van der Waals surface area contributed by atoms with Gasteiger partial charge in [-0.1, -0.05) is 24.3 Å². The number of nitrogens with one attached hydrogen (secondary N) is 2. The summed E-state index contributed by atoms with van der Waals surface area (Å²) in [5, 5.41) is 2.76. The Labute approximate surface area is 170 Å². The van der Waals surface area contributed by atoms with Gasteiger partial charge in [-0.3, -0.25) is 9.52 Å². The maximum atomic E-state index is 12.8. The van der Waals surface area contributed by atoms with E-state index in [0.29, 0.717) is 11.4 Å². The number of benzene rings is 3. The van der Waals surface area contributed by atoms with Gasteiger partial charge in [0.15, 0.2) is 0 Å². The Kier molecular flexibility index (Phi) is 5.89. The van der Waals surface area contributed by atoms with Crippen LogP contribution in [0, 0.1) is 13.8 Å². The van der Waals surface area contributed by atoms with E-state index in [2.05, 4.69) is 10.0 Å². The van der Waals surface area contributed by atoms with Crippen molar-refractivity contribution < 1.29 is 17.9 Å². The summed E-state index contributed by atoms with van der Waals surface area (Å²) in [6.07, 6.45) is 0. The first-order valence-electron chi connectivity index (χ1n) is 8.94. The Morgan fingerprint density at radius 1 is 0.897 bits per heavy atom. The molecule has 29 heavy (non-hydrogen) atoms. The molecule has 0 unspecified atom stereocenters. The van der Waals surface area contributed by atoms with Crippen molar-refractivity contribution in [2.75, 3.05) is 17.1 Å². The van der Waals surface area contributed by atoms with Crippen LogP contribution in [0.25, 0.3) is 0 Å². The van der Waals surface area contributed by atoms with Crippen molar-refractivity contribution in [1.82, 2.24) is 0 Å². The molecule has 1 amide bonds. The topological polar surface area (TPSA) is 84.5 Å². The van der Waals surface area contributed by atoms with E-state index in [1.54, 1.807) is 66.7 Å². The van der Waals surface area contributed by atoms with Gasteiger partial charge in [0.05, 0.1) is 23.3 Å². The number of carbonyl (C=O) groups is 1. The number of hydrogen-bond acceptors (Lipinski definition) is 4. The molecule has 150 valence electrons. The molecule has 0 aromatic heterocycles. The van der Waals surface area contributed by atoms with E-state index in [0.717, 1.165) is 11.1 Å². The molecule has 0 bridgehead atoms. The number of aryl methyl sites for hydroxylation is 2. The highest BCUT2D eigenvalue weighted by Gasteiger charge is 2.19. The number of anilines is 2. The van der Waals surface area contributed by atoms with E-state index >= 15 is 0 Å². The first-order valence-corrected chi connectivity index (χ1v) is 10.4. The second-order valence-electron chi connectivity index (χ2n) is 6.58. The summed E-state index contributed by atoms with van der Waals surface area (Å²) < 4.78 is 33.3. The minimum absolute atomic E-state index is 0.142.